The highest BCUT2D eigenvalue weighted by molar-refractivity contribution is 4.89. The minimum atomic E-state index is 0.146. The van der Waals surface area contributed by atoms with E-state index in [9.17, 15) is 0 Å². The molecule has 3 saturated heterocycles. The van der Waals surface area contributed by atoms with E-state index in [0.29, 0.717) is 26.4 Å². The maximum Gasteiger partial charge on any atom is 0.110 e. The summed E-state index contributed by atoms with van der Waals surface area (Å²) in [4.78, 5) is 0. The van der Waals surface area contributed by atoms with Crippen LogP contribution in [0.2, 0.25) is 0 Å². The summed E-state index contributed by atoms with van der Waals surface area (Å²) in [6, 6.07) is 0. The Morgan fingerprint density at radius 3 is 1.25 bits per heavy atom. The third-order valence-electron chi connectivity index (χ3n) is 2.66. The molecule has 4 nitrogen and oxygen atoms in total. The van der Waals surface area contributed by atoms with E-state index in [2.05, 4.69) is 0 Å². The summed E-state index contributed by atoms with van der Waals surface area (Å²) >= 11 is 0. The summed E-state index contributed by atoms with van der Waals surface area (Å²) in [6.07, 6.45) is 0.585. The van der Waals surface area contributed by atoms with Gasteiger partial charge in [0.1, 0.15) is 24.4 Å². The molecule has 3 aliphatic heterocycles. The summed E-state index contributed by atoms with van der Waals surface area (Å²) in [7, 11) is 0. The lowest BCUT2D eigenvalue weighted by molar-refractivity contribution is -0.184. The number of rotatable bonds is 0. The van der Waals surface area contributed by atoms with E-state index >= 15 is 0 Å². The number of ether oxygens (including phenoxy) is 4. The standard InChI is InChI=1S/C8H12O4/c1-5-6(2-9-1)12-8-4-10-3-7(8)11-5/h5-8H,1-4H2. The molecule has 0 radical (unpaired) electrons. The van der Waals surface area contributed by atoms with Gasteiger partial charge in [-0.05, 0) is 0 Å². The second-order valence-corrected chi connectivity index (χ2v) is 3.50. The van der Waals surface area contributed by atoms with Gasteiger partial charge in [-0.25, -0.2) is 0 Å². The third kappa shape index (κ3) is 0.992. The van der Waals surface area contributed by atoms with E-state index in [1.807, 2.05) is 0 Å². The van der Waals surface area contributed by atoms with Crippen molar-refractivity contribution in [2.24, 2.45) is 0 Å². The molecule has 0 amide bonds. The smallest absolute Gasteiger partial charge is 0.110 e. The van der Waals surface area contributed by atoms with Crippen LogP contribution in [0.25, 0.3) is 0 Å². The number of fused-ring (bicyclic) bond motifs is 2. The van der Waals surface area contributed by atoms with Crippen molar-refractivity contribution < 1.29 is 18.9 Å². The molecule has 4 unspecified atom stereocenters. The van der Waals surface area contributed by atoms with Crippen LogP contribution in [0.5, 0.6) is 0 Å². The zero-order valence-electron chi connectivity index (χ0n) is 6.77. The first kappa shape index (κ1) is 7.26. The average Bonchev–Trinajstić information content (AvgIpc) is 2.64. The molecule has 68 valence electrons. The van der Waals surface area contributed by atoms with Crippen molar-refractivity contribution in [1.82, 2.24) is 0 Å². The highest BCUT2D eigenvalue weighted by Crippen LogP contribution is 2.28. The fourth-order valence-corrected chi connectivity index (χ4v) is 1.99. The lowest BCUT2D eigenvalue weighted by Crippen LogP contribution is -2.47. The Labute approximate surface area is 70.7 Å². The largest absolute Gasteiger partial charge is 0.376 e. The lowest BCUT2D eigenvalue weighted by atomic mass is 10.1. The van der Waals surface area contributed by atoms with Gasteiger partial charge in [0.15, 0.2) is 0 Å². The van der Waals surface area contributed by atoms with Crippen molar-refractivity contribution in [3.8, 4) is 0 Å². The van der Waals surface area contributed by atoms with Crippen LogP contribution in [0.3, 0.4) is 0 Å². The third-order valence-corrected chi connectivity index (χ3v) is 2.66. The second-order valence-electron chi connectivity index (χ2n) is 3.50. The average molecular weight is 172 g/mol. The molecule has 0 aliphatic carbocycles. The summed E-state index contributed by atoms with van der Waals surface area (Å²) in [5, 5.41) is 0. The summed E-state index contributed by atoms with van der Waals surface area (Å²) in [6.45, 7) is 2.70. The Hall–Kier alpha value is -0.160. The first-order valence-corrected chi connectivity index (χ1v) is 4.40. The fraction of sp³-hybridized carbons (Fsp3) is 1.00. The minimum Gasteiger partial charge on any atom is -0.376 e. The molecule has 4 heteroatoms. The lowest BCUT2D eigenvalue weighted by Gasteiger charge is -2.32. The highest BCUT2D eigenvalue weighted by Gasteiger charge is 2.44. The topological polar surface area (TPSA) is 36.9 Å². The first-order valence-electron chi connectivity index (χ1n) is 4.40. The summed E-state index contributed by atoms with van der Waals surface area (Å²) < 4.78 is 22.1. The molecule has 0 bridgehead atoms. The molecule has 0 aromatic heterocycles. The molecule has 0 aromatic rings. The SMILES string of the molecule is C1OCC2OC3COCC3OC12. The van der Waals surface area contributed by atoms with Crippen LogP contribution < -0.4 is 0 Å². The van der Waals surface area contributed by atoms with Crippen LogP contribution in [-0.4, -0.2) is 50.8 Å². The van der Waals surface area contributed by atoms with Gasteiger partial charge in [0, 0.05) is 0 Å². The summed E-state index contributed by atoms with van der Waals surface area (Å²) in [5.74, 6) is 0. The zero-order chi connectivity index (χ0) is 7.97. The second kappa shape index (κ2) is 2.67. The zero-order valence-corrected chi connectivity index (χ0v) is 6.77. The first-order chi connectivity index (χ1) is 5.93. The normalized spacial score (nSPS) is 52.0. The molecular formula is C8H12O4. The van der Waals surface area contributed by atoms with Crippen molar-refractivity contribution >= 4 is 0 Å². The van der Waals surface area contributed by atoms with E-state index in [0.717, 1.165) is 0 Å². The van der Waals surface area contributed by atoms with Gasteiger partial charge in [-0.2, -0.15) is 0 Å². The van der Waals surface area contributed by atoms with Crippen LogP contribution in [0, 0.1) is 0 Å². The van der Waals surface area contributed by atoms with Crippen LogP contribution in [0.15, 0.2) is 0 Å². The fourth-order valence-electron chi connectivity index (χ4n) is 1.99. The Morgan fingerprint density at radius 1 is 0.583 bits per heavy atom. The molecule has 0 spiro atoms. The van der Waals surface area contributed by atoms with Gasteiger partial charge < -0.3 is 18.9 Å². The Kier molecular flexibility index (Phi) is 1.61. The van der Waals surface area contributed by atoms with Crippen LogP contribution >= 0.6 is 0 Å². The molecule has 0 aromatic carbocycles. The van der Waals surface area contributed by atoms with Crippen molar-refractivity contribution in [1.29, 1.82) is 0 Å². The molecule has 3 rings (SSSR count). The molecule has 12 heavy (non-hydrogen) atoms. The maximum atomic E-state index is 5.76. The van der Waals surface area contributed by atoms with E-state index < -0.39 is 0 Å². The quantitative estimate of drug-likeness (QED) is 0.496. The van der Waals surface area contributed by atoms with Crippen molar-refractivity contribution in [2.75, 3.05) is 26.4 Å². The Bertz CT molecular complexity index is 148. The molecule has 3 fully saturated rings. The molecule has 3 aliphatic rings. The monoisotopic (exact) mass is 172 g/mol. The van der Waals surface area contributed by atoms with Gasteiger partial charge in [-0.1, -0.05) is 0 Å². The van der Waals surface area contributed by atoms with Crippen LogP contribution in [0.1, 0.15) is 0 Å². The van der Waals surface area contributed by atoms with Crippen molar-refractivity contribution in [3.05, 3.63) is 0 Å². The molecule has 0 saturated carbocycles. The maximum absolute atomic E-state index is 5.76. The van der Waals surface area contributed by atoms with Gasteiger partial charge in [-0.15, -0.1) is 0 Å². The van der Waals surface area contributed by atoms with Gasteiger partial charge in [-0.3, -0.25) is 0 Å². The van der Waals surface area contributed by atoms with Gasteiger partial charge in [0.25, 0.3) is 0 Å². The van der Waals surface area contributed by atoms with Gasteiger partial charge in [0.2, 0.25) is 0 Å². The highest BCUT2D eigenvalue weighted by atomic mass is 16.7. The minimum absolute atomic E-state index is 0.146. The molecular weight excluding hydrogens is 160 g/mol. The van der Waals surface area contributed by atoms with E-state index in [1.54, 1.807) is 0 Å². The molecule has 4 atom stereocenters. The number of hydrogen-bond donors (Lipinski definition) is 0. The van der Waals surface area contributed by atoms with Gasteiger partial charge >= 0.3 is 0 Å². The van der Waals surface area contributed by atoms with Gasteiger partial charge in [0.05, 0.1) is 26.4 Å². The van der Waals surface area contributed by atoms with E-state index in [4.69, 9.17) is 18.9 Å². The molecule has 0 N–H and O–H groups in total. The van der Waals surface area contributed by atoms with Crippen LogP contribution in [0.4, 0.5) is 0 Å². The summed E-state index contributed by atoms with van der Waals surface area (Å²) in [5.41, 5.74) is 0. The predicted octanol–water partition coefficient (Wildman–Crippen LogP) is -0.432. The Morgan fingerprint density at radius 2 is 0.917 bits per heavy atom. The molecule has 3 heterocycles. The predicted molar refractivity (Wildman–Crippen MR) is 39.0 cm³/mol. The van der Waals surface area contributed by atoms with E-state index in [-0.39, 0.29) is 24.4 Å². The number of hydrogen-bond acceptors (Lipinski definition) is 4. The van der Waals surface area contributed by atoms with Crippen LogP contribution in [-0.2, 0) is 18.9 Å². The Balaban J connectivity index is 1.75. The van der Waals surface area contributed by atoms with E-state index in [1.165, 1.54) is 0 Å². The van der Waals surface area contributed by atoms with Crippen molar-refractivity contribution in [3.63, 3.8) is 0 Å². The van der Waals surface area contributed by atoms with Crippen molar-refractivity contribution in [2.45, 2.75) is 24.4 Å².